The monoisotopic (exact) mass is 214 g/mol. The summed E-state index contributed by atoms with van der Waals surface area (Å²) in [6.45, 7) is 4.02. The standard InChI is InChI=1S/C13H14N2O/c1-8-3-9(2)5-10(4-8)12-6-11(14)7-15-13(12)16/h3-7H,14H2,1-2H3,(H,15,16). The summed E-state index contributed by atoms with van der Waals surface area (Å²) in [5.74, 6) is 0. The molecule has 0 radical (unpaired) electrons. The fourth-order valence-corrected chi connectivity index (χ4v) is 1.85. The van der Waals surface area contributed by atoms with E-state index in [0.717, 1.165) is 16.7 Å². The number of rotatable bonds is 1. The van der Waals surface area contributed by atoms with Crippen molar-refractivity contribution in [3.8, 4) is 11.1 Å². The maximum Gasteiger partial charge on any atom is 0.255 e. The van der Waals surface area contributed by atoms with Gasteiger partial charge in [0.1, 0.15) is 0 Å². The Morgan fingerprint density at radius 2 is 1.69 bits per heavy atom. The maximum absolute atomic E-state index is 11.7. The first-order valence-corrected chi connectivity index (χ1v) is 5.13. The Kier molecular flexibility index (Phi) is 2.52. The van der Waals surface area contributed by atoms with Crippen molar-refractivity contribution in [2.45, 2.75) is 13.8 Å². The van der Waals surface area contributed by atoms with Gasteiger partial charge < -0.3 is 10.7 Å². The van der Waals surface area contributed by atoms with Gasteiger partial charge in [-0.3, -0.25) is 4.79 Å². The van der Waals surface area contributed by atoms with E-state index in [1.165, 1.54) is 6.20 Å². The molecule has 1 aromatic carbocycles. The summed E-state index contributed by atoms with van der Waals surface area (Å²) in [7, 11) is 0. The van der Waals surface area contributed by atoms with Gasteiger partial charge in [-0.05, 0) is 25.5 Å². The second kappa shape index (κ2) is 3.85. The van der Waals surface area contributed by atoms with Gasteiger partial charge in [0, 0.05) is 17.4 Å². The fourth-order valence-electron chi connectivity index (χ4n) is 1.85. The highest BCUT2D eigenvalue weighted by Crippen LogP contribution is 2.20. The number of benzene rings is 1. The first kappa shape index (κ1) is 10.5. The molecular weight excluding hydrogens is 200 g/mol. The molecule has 3 N–H and O–H groups in total. The third-order valence-corrected chi connectivity index (χ3v) is 2.46. The molecule has 0 atom stereocenters. The van der Waals surface area contributed by atoms with Gasteiger partial charge in [-0.25, -0.2) is 0 Å². The van der Waals surface area contributed by atoms with Gasteiger partial charge in [-0.2, -0.15) is 0 Å². The molecule has 0 aliphatic rings. The molecule has 0 spiro atoms. The van der Waals surface area contributed by atoms with Crippen molar-refractivity contribution >= 4 is 5.69 Å². The molecule has 0 fully saturated rings. The summed E-state index contributed by atoms with van der Waals surface area (Å²) in [5.41, 5.74) is 9.92. The third kappa shape index (κ3) is 1.98. The number of nitrogens with two attached hydrogens (primary N) is 1. The Labute approximate surface area is 93.9 Å². The average molecular weight is 214 g/mol. The summed E-state index contributed by atoms with van der Waals surface area (Å²) in [6, 6.07) is 7.74. The molecule has 1 heterocycles. The smallest absolute Gasteiger partial charge is 0.255 e. The number of anilines is 1. The lowest BCUT2D eigenvalue weighted by Crippen LogP contribution is -2.09. The topological polar surface area (TPSA) is 58.9 Å². The molecule has 0 aliphatic carbocycles. The van der Waals surface area contributed by atoms with E-state index >= 15 is 0 Å². The van der Waals surface area contributed by atoms with Crippen LogP contribution in [0.4, 0.5) is 5.69 Å². The zero-order valence-corrected chi connectivity index (χ0v) is 9.37. The van der Waals surface area contributed by atoms with E-state index in [9.17, 15) is 4.79 Å². The number of hydrogen-bond acceptors (Lipinski definition) is 2. The number of aromatic amines is 1. The van der Waals surface area contributed by atoms with E-state index < -0.39 is 0 Å². The van der Waals surface area contributed by atoms with E-state index in [2.05, 4.69) is 11.1 Å². The van der Waals surface area contributed by atoms with Gasteiger partial charge in [0.2, 0.25) is 0 Å². The molecule has 82 valence electrons. The van der Waals surface area contributed by atoms with Gasteiger partial charge in [-0.1, -0.05) is 29.3 Å². The number of H-pyrrole nitrogens is 1. The van der Waals surface area contributed by atoms with Crippen LogP contribution in [0.3, 0.4) is 0 Å². The van der Waals surface area contributed by atoms with Crippen LogP contribution in [-0.4, -0.2) is 4.98 Å². The van der Waals surface area contributed by atoms with Gasteiger partial charge in [0.25, 0.3) is 5.56 Å². The molecule has 0 saturated heterocycles. The molecule has 16 heavy (non-hydrogen) atoms. The van der Waals surface area contributed by atoms with E-state index in [0.29, 0.717) is 11.3 Å². The van der Waals surface area contributed by atoms with Crippen molar-refractivity contribution in [2.24, 2.45) is 0 Å². The van der Waals surface area contributed by atoms with E-state index in [1.807, 2.05) is 26.0 Å². The zero-order valence-electron chi connectivity index (χ0n) is 9.37. The predicted molar refractivity (Wildman–Crippen MR) is 66.4 cm³/mol. The summed E-state index contributed by atoms with van der Waals surface area (Å²) in [4.78, 5) is 14.3. The normalized spacial score (nSPS) is 10.4. The Hall–Kier alpha value is -2.03. The molecule has 1 aromatic heterocycles. The summed E-state index contributed by atoms with van der Waals surface area (Å²) in [5, 5.41) is 0. The third-order valence-electron chi connectivity index (χ3n) is 2.46. The van der Waals surface area contributed by atoms with Gasteiger partial charge in [0.05, 0.1) is 0 Å². The molecule has 0 unspecified atom stereocenters. The van der Waals surface area contributed by atoms with Crippen LogP contribution < -0.4 is 11.3 Å². The Morgan fingerprint density at radius 1 is 1.06 bits per heavy atom. The molecule has 2 rings (SSSR count). The van der Waals surface area contributed by atoms with Crippen LogP contribution >= 0.6 is 0 Å². The van der Waals surface area contributed by atoms with E-state index in [-0.39, 0.29) is 5.56 Å². The lowest BCUT2D eigenvalue weighted by atomic mass is 10.0. The number of pyridine rings is 1. The summed E-state index contributed by atoms with van der Waals surface area (Å²) in [6.07, 6.45) is 1.51. The lowest BCUT2D eigenvalue weighted by Gasteiger charge is -2.05. The summed E-state index contributed by atoms with van der Waals surface area (Å²) < 4.78 is 0. The summed E-state index contributed by atoms with van der Waals surface area (Å²) >= 11 is 0. The number of hydrogen-bond donors (Lipinski definition) is 2. The van der Waals surface area contributed by atoms with E-state index in [4.69, 9.17) is 5.73 Å². The van der Waals surface area contributed by atoms with Gasteiger partial charge in [0.15, 0.2) is 0 Å². The minimum absolute atomic E-state index is 0.112. The number of aromatic nitrogens is 1. The van der Waals surface area contributed by atoms with Crippen LogP contribution in [0.25, 0.3) is 11.1 Å². The average Bonchev–Trinajstić information content (AvgIpc) is 2.20. The van der Waals surface area contributed by atoms with Crippen LogP contribution in [-0.2, 0) is 0 Å². The zero-order chi connectivity index (χ0) is 11.7. The molecule has 0 aliphatic heterocycles. The maximum atomic E-state index is 11.7. The predicted octanol–water partition coefficient (Wildman–Crippen LogP) is 2.24. The largest absolute Gasteiger partial charge is 0.398 e. The molecule has 0 bridgehead atoms. The first-order valence-electron chi connectivity index (χ1n) is 5.13. The number of nitrogens with one attached hydrogen (secondary N) is 1. The molecular formula is C13H14N2O. The van der Waals surface area contributed by atoms with Crippen LogP contribution in [0.2, 0.25) is 0 Å². The number of nitrogen functional groups attached to an aromatic ring is 1. The van der Waals surface area contributed by atoms with Crippen LogP contribution in [0.5, 0.6) is 0 Å². The molecule has 0 saturated carbocycles. The number of aryl methyl sites for hydroxylation is 2. The van der Waals surface area contributed by atoms with Crippen molar-refractivity contribution < 1.29 is 0 Å². The second-order valence-corrected chi connectivity index (χ2v) is 4.05. The van der Waals surface area contributed by atoms with Crippen molar-refractivity contribution in [2.75, 3.05) is 5.73 Å². The highest BCUT2D eigenvalue weighted by molar-refractivity contribution is 5.67. The lowest BCUT2D eigenvalue weighted by molar-refractivity contribution is 1.24. The van der Waals surface area contributed by atoms with Crippen LogP contribution in [0.15, 0.2) is 35.3 Å². The quantitative estimate of drug-likeness (QED) is 0.764. The van der Waals surface area contributed by atoms with E-state index in [1.54, 1.807) is 6.07 Å². The first-order chi connectivity index (χ1) is 7.56. The molecule has 3 nitrogen and oxygen atoms in total. The van der Waals surface area contributed by atoms with Gasteiger partial charge >= 0.3 is 0 Å². The molecule has 0 amide bonds. The minimum atomic E-state index is -0.112. The van der Waals surface area contributed by atoms with Gasteiger partial charge in [-0.15, -0.1) is 0 Å². The SMILES string of the molecule is Cc1cc(C)cc(-c2cc(N)c[nH]c2=O)c1. The van der Waals surface area contributed by atoms with Crippen molar-refractivity contribution in [1.82, 2.24) is 4.98 Å². The highest BCUT2D eigenvalue weighted by Gasteiger charge is 2.04. The fraction of sp³-hybridized carbons (Fsp3) is 0.154. The van der Waals surface area contributed by atoms with Crippen molar-refractivity contribution in [3.05, 3.63) is 51.9 Å². The molecule has 3 heteroatoms. The Bertz CT molecular complexity index is 564. The van der Waals surface area contributed by atoms with Crippen LogP contribution in [0.1, 0.15) is 11.1 Å². The van der Waals surface area contributed by atoms with Crippen molar-refractivity contribution in [3.63, 3.8) is 0 Å². The Balaban J connectivity index is 2.67. The van der Waals surface area contributed by atoms with Crippen LogP contribution in [0, 0.1) is 13.8 Å². The van der Waals surface area contributed by atoms with Crippen molar-refractivity contribution in [1.29, 1.82) is 0 Å². The minimum Gasteiger partial charge on any atom is -0.398 e. The molecule has 2 aromatic rings. The Morgan fingerprint density at radius 3 is 2.31 bits per heavy atom. The second-order valence-electron chi connectivity index (χ2n) is 4.05. The highest BCUT2D eigenvalue weighted by atomic mass is 16.1.